The molecule has 0 saturated heterocycles. The van der Waals surface area contributed by atoms with Crippen molar-refractivity contribution >= 4 is 0 Å². The highest BCUT2D eigenvalue weighted by molar-refractivity contribution is 5.14. The lowest BCUT2D eigenvalue weighted by atomic mass is 10.2. The molecule has 4 nitrogen and oxygen atoms in total. The quantitative estimate of drug-likeness (QED) is 0.766. The van der Waals surface area contributed by atoms with Crippen LogP contribution in [0.5, 0.6) is 0 Å². The van der Waals surface area contributed by atoms with Gasteiger partial charge in [0.2, 0.25) is 0 Å². The molecule has 0 amide bonds. The molecule has 1 unspecified atom stereocenters. The molecule has 0 radical (unpaired) electrons. The molecule has 1 heterocycles. The van der Waals surface area contributed by atoms with Crippen LogP contribution in [0.3, 0.4) is 0 Å². The van der Waals surface area contributed by atoms with Crippen molar-refractivity contribution in [2.24, 2.45) is 13.0 Å². The van der Waals surface area contributed by atoms with Gasteiger partial charge < -0.3 is 10.1 Å². The van der Waals surface area contributed by atoms with Gasteiger partial charge in [0.1, 0.15) is 0 Å². The van der Waals surface area contributed by atoms with E-state index < -0.39 is 0 Å². The maximum absolute atomic E-state index is 5.08. The summed E-state index contributed by atoms with van der Waals surface area (Å²) in [4.78, 5) is 0. The molecule has 0 aromatic carbocycles. The van der Waals surface area contributed by atoms with Crippen LogP contribution >= 0.6 is 0 Å². The van der Waals surface area contributed by atoms with Crippen LogP contribution in [0.2, 0.25) is 0 Å². The van der Waals surface area contributed by atoms with Crippen LogP contribution in [0.25, 0.3) is 0 Å². The normalized spacial score (nSPS) is 13.1. The zero-order chi connectivity index (χ0) is 11.3. The molecular formula is C11H21N3O. The molecule has 0 saturated carbocycles. The van der Waals surface area contributed by atoms with E-state index in [-0.39, 0.29) is 0 Å². The number of aryl methyl sites for hydroxylation is 2. The van der Waals surface area contributed by atoms with E-state index in [9.17, 15) is 0 Å². The summed E-state index contributed by atoms with van der Waals surface area (Å²) in [6.07, 6.45) is 2.06. The number of rotatable bonds is 6. The molecule has 1 aromatic heterocycles. The van der Waals surface area contributed by atoms with Gasteiger partial charge >= 0.3 is 0 Å². The van der Waals surface area contributed by atoms with E-state index in [1.54, 1.807) is 7.11 Å². The molecule has 0 aliphatic carbocycles. The Labute approximate surface area is 91.6 Å². The van der Waals surface area contributed by atoms with E-state index in [0.717, 1.165) is 25.4 Å². The minimum Gasteiger partial charge on any atom is -0.384 e. The zero-order valence-electron chi connectivity index (χ0n) is 10.1. The average molecular weight is 211 g/mol. The van der Waals surface area contributed by atoms with E-state index in [2.05, 4.69) is 23.5 Å². The van der Waals surface area contributed by atoms with Crippen LogP contribution in [0, 0.1) is 12.8 Å². The third-order valence-electron chi connectivity index (χ3n) is 2.37. The van der Waals surface area contributed by atoms with Crippen LogP contribution in [0.4, 0.5) is 0 Å². The highest BCUT2D eigenvalue weighted by Gasteiger charge is 2.04. The molecule has 1 atom stereocenters. The Balaban J connectivity index is 2.28. The van der Waals surface area contributed by atoms with Gasteiger partial charge in [-0.3, -0.25) is 4.68 Å². The first-order valence-electron chi connectivity index (χ1n) is 5.32. The maximum atomic E-state index is 5.08. The van der Waals surface area contributed by atoms with Crippen molar-refractivity contribution in [1.82, 2.24) is 15.1 Å². The summed E-state index contributed by atoms with van der Waals surface area (Å²) in [6, 6.07) is 0. The lowest BCUT2D eigenvalue weighted by molar-refractivity contribution is 0.158. The van der Waals surface area contributed by atoms with Gasteiger partial charge in [-0.25, -0.2) is 0 Å². The van der Waals surface area contributed by atoms with E-state index in [0.29, 0.717) is 5.92 Å². The third kappa shape index (κ3) is 4.01. The Bertz CT molecular complexity index is 296. The van der Waals surface area contributed by atoms with Gasteiger partial charge in [-0.1, -0.05) is 6.92 Å². The Morgan fingerprint density at radius 2 is 2.33 bits per heavy atom. The Morgan fingerprint density at radius 3 is 2.87 bits per heavy atom. The van der Waals surface area contributed by atoms with E-state index in [4.69, 9.17) is 4.74 Å². The molecular weight excluding hydrogens is 190 g/mol. The first kappa shape index (κ1) is 12.2. The Kier molecular flexibility index (Phi) is 4.78. The van der Waals surface area contributed by atoms with Crippen molar-refractivity contribution in [1.29, 1.82) is 0 Å². The molecule has 0 aliphatic heterocycles. The van der Waals surface area contributed by atoms with Crippen LogP contribution in [-0.4, -0.2) is 30.0 Å². The summed E-state index contributed by atoms with van der Waals surface area (Å²) in [7, 11) is 3.69. The molecule has 0 fully saturated rings. The number of methoxy groups -OCH3 is 1. The number of ether oxygens (including phenoxy) is 1. The van der Waals surface area contributed by atoms with Gasteiger partial charge in [0, 0.05) is 45.6 Å². The molecule has 0 spiro atoms. The number of aromatic nitrogens is 2. The predicted octanol–water partition coefficient (Wildman–Crippen LogP) is 1.10. The van der Waals surface area contributed by atoms with E-state index in [1.165, 1.54) is 5.56 Å². The third-order valence-corrected chi connectivity index (χ3v) is 2.37. The minimum atomic E-state index is 0.548. The molecule has 86 valence electrons. The smallest absolute Gasteiger partial charge is 0.0638 e. The average Bonchev–Trinajstić information content (AvgIpc) is 2.46. The SMILES string of the molecule is COCC(C)CNCc1cn(C)nc1C. The molecule has 0 aliphatic rings. The molecule has 15 heavy (non-hydrogen) atoms. The standard InChI is InChI=1S/C11H21N3O/c1-9(8-15-4)5-12-6-11-7-14(3)13-10(11)2/h7,9,12H,5-6,8H2,1-4H3. The predicted molar refractivity (Wildman–Crippen MR) is 60.7 cm³/mol. The fourth-order valence-corrected chi connectivity index (χ4v) is 1.62. The van der Waals surface area contributed by atoms with Gasteiger partial charge in [-0.05, 0) is 12.8 Å². The van der Waals surface area contributed by atoms with Gasteiger partial charge in [0.05, 0.1) is 5.69 Å². The molecule has 4 heteroatoms. The Hall–Kier alpha value is -0.870. The lowest BCUT2D eigenvalue weighted by Crippen LogP contribution is -2.23. The van der Waals surface area contributed by atoms with Crippen molar-refractivity contribution in [3.05, 3.63) is 17.5 Å². The number of nitrogens with zero attached hydrogens (tertiary/aromatic N) is 2. The second-order valence-corrected chi connectivity index (χ2v) is 4.10. The van der Waals surface area contributed by atoms with Crippen LogP contribution < -0.4 is 5.32 Å². The largest absolute Gasteiger partial charge is 0.384 e. The van der Waals surface area contributed by atoms with Crippen molar-refractivity contribution in [2.45, 2.75) is 20.4 Å². The van der Waals surface area contributed by atoms with Crippen LogP contribution in [-0.2, 0) is 18.3 Å². The minimum absolute atomic E-state index is 0.548. The summed E-state index contributed by atoms with van der Waals surface area (Å²) >= 11 is 0. The highest BCUT2D eigenvalue weighted by atomic mass is 16.5. The molecule has 1 aromatic rings. The van der Waals surface area contributed by atoms with Gasteiger partial charge in [0.15, 0.2) is 0 Å². The second kappa shape index (κ2) is 5.88. The fraction of sp³-hybridized carbons (Fsp3) is 0.727. The summed E-state index contributed by atoms with van der Waals surface area (Å²) in [5.74, 6) is 0.548. The van der Waals surface area contributed by atoms with Crippen molar-refractivity contribution < 1.29 is 4.74 Å². The molecule has 1 N–H and O–H groups in total. The molecule has 0 bridgehead atoms. The fourth-order valence-electron chi connectivity index (χ4n) is 1.62. The summed E-state index contributed by atoms with van der Waals surface area (Å²) in [6.45, 7) is 6.87. The first-order chi connectivity index (χ1) is 7.13. The first-order valence-corrected chi connectivity index (χ1v) is 5.32. The van der Waals surface area contributed by atoms with Gasteiger partial charge in [-0.15, -0.1) is 0 Å². The van der Waals surface area contributed by atoms with Crippen molar-refractivity contribution in [3.63, 3.8) is 0 Å². The number of hydrogen-bond acceptors (Lipinski definition) is 3. The second-order valence-electron chi connectivity index (χ2n) is 4.10. The topological polar surface area (TPSA) is 39.1 Å². The lowest BCUT2D eigenvalue weighted by Gasteiger charge is -2.10. The summed E-state index contributed by atoms with van der Waals surface area (Å²) in [5, 5.41) is 7.70. The summed E-state index contributed by atoms with van der Waals surface area (Å²) in [5.41, 5.74) is 2.37. The maximum Gasteiger partial charge on any atom is 0.0638 e. The van der Waals surface area contributed by atoms with Gasteiger partial charge in [-0.2, -0.15) is 5.10 Å². The van der Waals surface area contributed by atoms with Crippen molar-refractivity contribution in [2.75, 3.05) is 20.3 Å². The monoisotopic (exact) mass is 211 g/mol. The Morgan fingerprint density at radius 1 is 1.60 bits per heavy atom. The van der Waals surface area contributed by atoms with Crippen LogP contribution in [0.15, 0.2) is 6.20 Å². The van der Waals surface area contributed by atoms with E-state index in [1.807, 2.05) is 18.7 Å². The number of nitrogens with one attached hydrogen (secondary N) is 1. The van der Waals surface area contributed by atoms with Gasteiger partial charge in [0.25, 0.3) is 0 Å². The summed E-state index contributed by atoms with van der Waals surface area (Å²) < 4.78 is 6.93. The van der Waals surface area contributed by atoms with Crippen LogP contribution in [0.1, 0.15) is 18.2 Å². The van der Waals surface area contributed by atoms with E-state index >= 15 is 0 Å². The van der Waals surface area contributed by atoms with Crippen molar-refractivity contribution in [3.8, 4) is 0 Å². The number of hydrogen-bond donors (Lipinski definition) is 1. The zero-order valence-corrected chi connectivity index (χ0v) is 10.1. The molecule has 1 rings (SSSR count). The highest BCUT2D eigenvalue weighted by Crippen LogP contribution is 2.04.